The molecule has 21 heavy (non-hydrogen) atoms. The Morgan fingerprint density at radius 1 is 0.810 bits per heavy atom. The van der Waals surface area contributed by atoms with Gasteiger partial charge >= 0.3 is 0 Å². The lowest BCUT2D eigenvalue weighted by atomic mass is 9.79. The van der Waals surface area contributed by atoms with Gasteiger partial charge in [-0.25, -0.2) is 0 Å². The summed E-state index contributed by atoms with van der Waals surface area (Å²) in [5, 5.41) is 0. The maximum absolute atomic E-state index is 3.92. The molecular weight excluding hydrogens is 253 g/mol. The molecule has 0 aromatic heterocycles. The van der Waals surface area contributed by atoms with Gasteiger partial charge in [0.15, 0.2) is 0 Å². The molecule has 110 valence electrons. The Morgan fingerprint density at radius 3 is 1.43 bits per heavy atom. The fraction of sp³-hybridized carbons (Fsp3) is 0.158. The molecular formula is C19H26BN. The van der Waals surface area contributed by atoms with Gasteiger partial charge in [0.2, 0.25) is 0 Å². The van der Waals surface area contributed by atoms with Gasteiger partial charge in [-0.15, -0.1) is 0 Å². The Morgan fingerprint density at radius 2 is 1.19 bits per heavy atom. The first kappa shape index (κ1) is 18.8. The van der Waals surface area contributed by atoms with Crippen LogP contribution < -0.4 is 0 Å². The van der Waals surface area contributed by atoms with E-state index in [9.17, 15) is 0 Å². The quantitative estimate of drug-likeness (QED) is 0.450. The van der Waals surface area contributed by atoms with E-state index in [4.69, 9.17) is 0 Å². The molecule has 0 bridgehead atoms. The van der Waals surface area contributed by atoms with Crippen LogP contribution in [0.1, 0.15) is 13.8 Å². The number of nitrogens with zero attached hydrogens (tertiary/aromatic N) is 1. The molecule has 0 aromatic carbocycles. The van der Waals surface area contributed by atoms with Gasteiger partial charge in [0.05, 0.1) is 0 Å². The second kappa shape index (κ2) is 9.65. The van der Waals surface area contributed by atoms with E-state index in [1.165, 1.54) is 0 Å². The topological polar surface area (TPSA) is 3.24 Å². The van der Waals surface area contributed by atoms with Crippen LogP contribution in [0.5, 0.6) is 0 Å². The predicted octanol–water partition coefficient (Wildman–Crippen LogP) is 4.28. The Bertz CT molecular complexity index is 456. The summed E-state index contributed by atoms with van der Waals surface area (Å²) in [6.07, 6.45) is 18.9. The van der Waals surface area contributed by atoms with Crippen molar-refractivity contribution in [2.24, 2.45) is 0 Å². The van der Waals surface area contributed by atoms with Crippen LogP contribution in [0.4, 0.5) is 0 Å². The van der Waals surface area contributed by atoms with Gasteiger partial charge in [-0.1, -0.05) is 62.8 Å². The molecule has 1 nitrogen and oxygen atoms in total. The molecule has 0 N–H and O–H groups in total. The van der Waals surface area contributed by atoms with Crippen LogP contribution in [0.2, 0.25) is 0 Å². The molecule has 0 aliphatic rings. The molecule has 0 fully saturated rings. The molecule has 0 unspecified atom stereocenters. The maximum atomic E-state index is 3.92. The van der Waals surface area contributed by atoms with Gasteiger partial charge in [-0.05, 0) is 38.2 Å². The van der Waals surface area contributed by atoms with E-state index < -0.39 is 0 Å². The third-order valence-corrected chi connectivity index (χ3v) is 2.63. The Balaban J connectivity index is 5.85. The van der Waals surface area contributed by atoms with Gasteiger partial charge < -0.3 is 4.90 Å². The second-order valence-electron chi connectivity index (χ2n) is 5.34. The molecule has 0 radical (unpaired) electrons. The molecule has 0 aromatic rings. The van der Waals surface area contributed by atoms with Crippen LogP contribution in [-0.4, -0.2) is 18.2 Å². The number of hydrogen-bond donors (Lipinski definition) is 0. The van der Waals surface area contributed by atoms with Crippen molar-refractivity contribution in [2.45, 2.75) is 19.3 Å². The normalized spacial score (nSPS) is 13.4. The summed E-state index contributed by atoms with van der Waals surface area (Å²) < 4.78 is 0. The first-order chi connectivity index (χ1) is 9.92. The van der Waals surface area contributed by atoms with Crippen molar-refractivity contribution in [1.82, 2.24) is 4.90 Å². The third kappa shape index (κ3) is 6.67. The van der Waals surface area contributed by atoms with Crippen molar-refractivity contribution in [2.75, 3.05) is 0 Å². The van der Waals surface area contributed by atoms with Crippen molar-refractivity contribution in [3.8, 4) is 0 Å². The lowest BCUT2D eigenvalue weighted by molar-refractivity contribution is 0.327. The summed E-state index contributed by atoms with van der Waals surface area (Å²) in [6, 6.07) is 0. The lowest BCUT2D eigenvalue weighted by Crippen LogP contribution is -2.42. The van der Waals surface area contributed by atoms with Crippen molar-refractivity contribution < 1.29 is 0 Å². The lowest BCUT2D eigenvalue weighted by Gasteiger charge is -2.39. The minimum absolute atomic E-state index is 0.107. The average Bonchev–Trinajstić information content (AvgIpc) is 2.43. The van der Waals surface area contributed by atoms with Crippen molar-refractivity contribution in [1.29, 1.82) is 0 Å². The summed E-state index contributed by atoms with van der Waals surface area (Å²) in [7, 11) is 2.15. The minimum atomic E-state index is -0.107. The van der Waals surface area contributed by atoms with E-state index in [-0.39, 0.29) is 5.44 Å². The molecule has 0 spiro atoms. The van der Waals surface area contributed by atoms with E-state index in [0.717, 1.165) is 11.4 Å². The van der Waals surface area contributed by atoms with Crippen LogP contribution in [0.3, 0.4) is 0 Å². The first-order valence-corrected chi connectivity index (χ1v) is 6.96. The van der Waals surface area contributed by atoms with E-state index in [2.05, 4.69) is 52.9 Å². The smallest absolute Gasteiger partial charge is 0.134 e. The monoisotopic (exact) mass is 279 g/mol. The Kier molecular flexibility index (Phi) is 8.63. The van der Waals surface area contributed by atoms with Crippen LogP contribution in [0.25, 0.3) is 0 Å². The molecule has 0 heterocycles. The van der Waals surface area contributed by atoms with Gasteiger partial charge in [0.25, 0.3) is 0 Å². The molecule has 0 aliphatic carbocycles. The SMILES string of the molecule is BC(C)(C)N(/C(C=C)=C/C=C\C=C)/C(C=C)=C/C=C\C=C. The van der Waals surface area contributed by atoms with E-state index >= 15 is 0 Å². The number of allylic oxidation sites excluding steroid dienone is 10. The van der Waals surface area contributed by atoms with Gasteiger partial charge in [0.1, 0.15) is 7.85 Å². The van der Waals surface area contributed by atoms with Crippen molar-refractivity contribution >= 4 is 7.85 Å². The maximum Gasteiger partial charge on any atom is 0.134 e. The van der Waals surface area contributed by atoms with Crippen molar-refractivity contribution in [3.05, 3.63) is 98.5 Å². The molecule has 0 atom stereocenters. The van der Waals surface area contributed by atoms with Crippen LogP contribution in [-0.2, 0) is 0 Å². The molecule has 0 rings (SSSR count). The second-order valence-corrected chi connectivity index (χ2v) is 5.34. The highest BCUT2D eigenvalue weighted by Crippen LogP contribution is 2.25. The summed E-state index contributed by atoms with van der Waals surface area (Å²) in [5.41, 5.74) is 1.89. The fourth-order valence-corrected chi connectivity index (χ4v) is 1.86. The minimum Gasteiger partial charge on any atom is -0.344 e. The zero-order valence-electron chi connectivity index (χ0n) is 13.5. The largest absolute Gasteiger partial charge is 0.344 e. The molecule has 0 saturated carbocycles. The van der Waals surface area contributed by atoms with Gasteiger partial charge in [-0.3, -0.25) is 0 Å². The summed E-state index contributed by atoms with van der Waals surface area (Å²) in [5.74, 6) is 0. The first-order valence-electron chi connectivity index (χ1n) is 6.96. The fourth-order valence-electron chi connectivity index (χ4n) is 1.86. The standard InChI is InChI=1S/C19H26BN/c1-7-11-13-15-17(9-3)21(19(5,6)20)18(10-4)16-14-12-8-2/h7-16H,1-4,20H2,5-6H3/b13-11-,14-12-,17-15+,18-16+. The Hall–Kier alpha value is -2.22. The van der Waals surface area contributed by atoms with E-state index in [1.807, 2.05) is 48.6 Å². The molecule has 0 amide bonds. The average molecular weight is 279 g/mol. The highest BCUT2D eigenvalue weighted by atomic mass is 15.2. The molecule has 0 aliphatic heterocycles. The van der Waals surface area contributed by atoms with Crippen molar-refractivity contribution in [3.63, 3.8) is 0 Å². The van der Waals surface area contributed by atoms with Gasteiger partial charge in [0, 0.05) is 16.8 Å². The van der Waals surface area contributed by atoms with Crippen LogP contribution in [0, 0.1) is 0 Å². The summed E-state index contributed by atoms with van der Waals surface area (Å²) >= 11 is 0. The highest BCUT2D eigenvalue weighted by Gasteiger charge is 2.23. The Labute approximate surface area is 131 Å². The molecule has 2 heteroatoms. The summed E-state index contributed by atoms with van der Waals surface area (Å²) in [6.45, 7) is 19.5. The predicted molar refractivity (Wildman–Crippen MR) is 99.7 cm³/mol. The number of rotatable bonds is 9. The highest BCUT2D eigenvalue weighted by molar-refractivity contribution is 6.15. The van der Waals surface area contributed by atoms with Crippen LogP contribution in [0.15, 0.2) is 98.5 Å². The van der Waals surface area contributed by atoms with Crippen LogP contribution >= 0.6 is 0 Å². The number of hydrogen-bond acceptors (Lipinski definition) is 1. The van der Waals surface area contributed by atoms with E-state index in [0.29, 0.717) is 0 Å². The van der Waals surface area contributed by atoms with Gasteiger partial charge in [-0.2, -0.15) is 0 Å². The molecule has 0 saturated heterocycles. The third-order valence-electron chi connectivity index (χ3n) is 2.63. The van der Waals surface area contributed by atoms with E-state index in [1.54, 1.807) is 12.2 Å². The zero-order chi connectivity index (χ0) is 16.3. The zero-order valence-corrected chi connectivity index (χ0v) is 13.5. The summed E-state index contributed by atoms with van der Waals surface area (Å²) in [4.78, 5) is 2.19.